The van der Waals surface area contributed by atoms with Gasteiger partial charge in [0.15, 0.2) is 14.9 Å². The van der Waals surface area contributed by atoms with Crippen LogP contribution in [0.3, 0.4) is 0 Å². The third kappa shape index (κ3) is 3.31. The van der Waals surface area contributed by atoms with Gasteiger partial charge in [0.25, 0.3) is 0 Å². The minimum atomic E-state index is -2.88. The first-order valence-electron chi connectivity index (χ1n) is 5.59. The summed E-state index contributed by atoms with van der Waals surface area (Å²) >= 11 is 5.28. The van der Waals surface area contributed by atoms with Gasteiger partial charge in [0.2, 0.25) is 0 Å². The Morgan fingerprint density at radius 3 is 2.38 bits per heavy atom. The summed E-state index contributed by atoms with van der Waals surface area (Å²) in [5.41, 5.74) is -0.390. The molecular formula is C10H20N2O2S2. The summed E-state index contributed by atoms with van der Waals surface area (Å²) < 4.78 is 22.9. The van der Waals surface area contributed by atoms with Gasteiger partial charge in [0, 0.05) is 13.1 Å². The number of hydrogen-bond acceptors (Lipinski definition) is 3. The van der Waals surface area contributed by atoms with Crippen LogP contribution in [-0.2, 0) is 9.84 Å². The number of thiocarbonyl (C=S) groups is 1. The average molecular weight is 264 g/mol. The zero-order valence-corrected chi connectivity index (χ0v) is 11.7. The first-order valence-corrected chi connectivity index (χ1v) is 7.82. The van der Waals surface area contributed by atoms with Crippen molar-refractivity contribution >= 4 is 27.2 Å². The van der Waals surface area contributed by atoms with E-state index in [9.17, 15) is 8.42 Å². The maximum atomic E-state index is 11.4. The molecule has 1 heterocycles. The Kier molecular flexibility index (Phi) is 4.17. The van der Waals surface area contributed by atoms with Crippen molar-refractivity contribution in [2.75, 3.05) is 24.6 Å². The smallest absolute Gasteiger partial charge is 0.169 e. The van der Waals surface area contributed by atoms with E-state index in [4.69, 9.17) is 12.2 Å². The Labute approximate surface area is 103 Å². The second kappa shape index (κ2) is 4.87. The van der Waals surface area contributed by atoms with Crippen LogP contribution in [0.5, 0.6) is 0 Å². The van der Waals surface area contributed by atoms with Gasteiger partial charge >= 0.3 is 0 Å². The fourth-order valence-corrected chi connectivity index (χ4v) is 4.55. The highest BCUT2D eigenvalue weighted by Gasteiger charge is 2.39. The molecule has 1 rings (SSSR count). The number of nitrogens with zero attached hydrogens (tertiary/aromatic N) is 1. The van der Waals surface area contributed by atoms with Crippen molar-refractivity contribution in [2.45, 2.75) is 32.7 Å². The Hall–Kier alpha value is -0.360. The van der Waals surface area contributed by atoms with E-state index in [-0.39, 0.29) is 11.5 Å². The van der Waals surface area contributed by atoms with Gasteiger partial charge in [0.05, 0.1) is 17.0 Å². The SMILES string of the molecule is CCN(CC)C(=S)N[C@@]1(C)CCS(=O)(=O)C1. The topological polar surface area (TPSA) is 49.4 Å². The lowest BCUT2D eigenvalue weighted by Gasteiger charge is -2.31. The zero-order chi connectivity index (χ0) is 12.4. The number of rotatable bonds is 3. The highest BCUT2D eigenvalue weighted by Crippen LogP contribution is 2.23. The monoisotopic (exact) mass is 264 g/mol. The van der Waals surface area contributed by atoms with Gasteiger partial charge in [0.1, 0.15) is 0 Å². The van der Waals surface area contributed by atoms with Gasteiger partial charge in [-0.3, -0.25) is 0 Å². The second-order valence-electron chi connectivity index (χ2n) is 4.51. The number of nitrogens with one attached hydrogen (secondary N) is 1. The molecule has 6 heteroatoms. The fraction of sp³-hybridized carbons (Fsp3) is 0.900. The van der Waals surface area contributed by atoms with Crippen molar-refractivity contribution in [2.24, 2.45) is 0 Å². The van der Waals surface area contributed by atoms with E-state index >= 15 is 0 Å². The van der Waals surface area contributed by atoms with Crippen LogP contribution in [0.25, 0.3) is 0 Å². The summed E-state index contributed by atoms with van der Waals surface area (Å²) in [7, 11) is -2.88. The van der Waals surface area contributed by atoms with Crippen molar-refractivity contribution < 1.29 is 8.42 Å². The van der Waals surface area contributed by atoms with Gasteiger partial charge < -0.3 is 10.2 Å². The minimum absolute atomic E-state index is 0.182. The van der Waals surface area contributed by atoms with Crippen LogP contribution in [0.2, 0.25) is 0 Å². The van der Waals surface area contributed by atoms with Gasteiger partial charge in [-0.05, 0) is 39.4 Å². The first kappa shape index (κ1) is 13.7. The van der Waals surface area contributed by atoms with E-state index in [0.29, 0.717) is 11.5 Å². The molecule has 1 saturated heterocycles. The molecule has 0 unspecified atom stereocenters. The van der Waals surface area contributed by atoms with Crippen molar-refractivity contribution in [1.82, 2.24) is 10.2 Å². The third-order valence-electron chi connectivity index (χ3n) is 2.96. The van der Waals surface area contributed by atoms with Crippen LogP contribution >= 0.6 is 12.2 Å². The predicted molar refractivity (Wildman–Crippen MR) is 70.3 cm³/mol. The maximum Gasteiger partial charge on any atom is 0.169 e. The van der Waals surface area contributed by atoms with Crippen LogP contribution in [0.4, 0.5) is 0 Å². The lowest BCUT2D eigenvalue weighted by molar-refractivity contribution is 0.405. The van der Waals surface area contributed by atoms with Crippen molar-refractivity contribution in [1.29, 1.82) is 0 Å². The summed E-state index contributed by atoms with van der Waals surface area (Å²) in [5, 5.41) is 3.85. The van der Waals surface area contributed by atoms with Gasteiger partial charge in [-0.25, -0.2) is 8.42 Å². The van der Waals surface area contributed by atoms with E-state index in [1.165, 1.54) is 0 Å². The molecule has 0 aromatic heterocycles. The quantitative estimate of drug-likeness (QED) is 0.763. The molecule has 0 radical (unpaired) electrons. The molecular weight excluding hydrogens is 244 g/mol. The van der Waals surface area contributed by atoms with Gasteiger partial charge in [-0.2, -0.15) is 0 Å². The zero-order valence-electron chi connectivity index (χ0n) is 10.1. The molecule has 0 saturated carbocycles. The summed E-state index contributed by atoms with van der Waals surface area (Å²) in [4.78, 5) is 2.02. The summed E-state index contributed by atoms with van der Waals surface area (Å²) in [6, 6.07) is 0. The summed E-state index contributed by atoms with van der Waals surface area (Å²) in [5.74, 6) is 0.443. The minimum Gasteiger partial charge on any atom is -0.356 e. The van der Waals surface area contributed by atoms with E-state index in [0.717, 1.165) is 13.1 Å². The molecule has 0 spiro atoms. The van der Waals surface area contributed by atoms with Crippen molar-refractivity contribution in [3.63, 3.8) is 0 Å². The molecule has 1 aliphatic heterocycles. The standard InChI is InChI=1S/C10H20N2O2S2/c1-4-12(5-2)9(15)11-10(3)6-7-16(13,14)8-10/h4-8H2,1-3H3,(H,11,15)/t10-/m0/s1. The molecule has 0 amide bonds. The van der Waals surface area contributed by atoms with Crippen LogP contribution in [0.15, 0.2) is 0 Å². The molecule has 1 aliphatic rings. The van der Waals surface area contributed by atoms with E-state index in [1.807, 2.05) is 25.7 Å². The van der Waals surface area contributed by atoms with Crippen LogP contribution in [0.1, 0.15) is 27.2 Å². The highest BCUT2D eigenvalue weighted by atomic mass is 32.2. The first-order chi connectivity index (χ1) is 7.32. The molecule has 1 atom stereocenters. The highest BCUT2D eigenvalue weighted by molar-refractivity contribution is 7.91. The lowest BCUT2D eigenvalue weighted by Crippen LogP contribution is -2.52. The Morgan fingerprint density at radius 2 is 2.00 bits per heavy atom. The third-order valence-corrected chi connectivity index (χ3v) is 5.23. The largest absolute Gasteiger partial charge is 0.356 e. The molecule has 0 aromatic rings. The molecule has 0 aromatic carbocycles. The molecule has 0 aliphatic carbocycles. The number of hydrogen-bond donors (Lipinski definition) is 1. The molecule has 16 heavy (non-hydrogen) atoms. The van der Waals surface area contributed by atoms with Gasteiger partial charge in [-0.1, -0.05) is 0 Å². The van der Waals surface area contributed by atoms with Gasteiger partial charge in [-0.15, -0.1) is 0 Å². The second-order valence-corrected chi connectivity index (χ2v) is 7.08. The van der Waals surface area contributed by atoms with E-state index in [2.05, 4.69) is 5.32 Å². The summed E-state index contributed by atoms with van der Waals surface area (Å²) in [6.07, 6.45) is 0.636. The van der Waals surface area contributed by atoms with Crippen molar-refractivity contribution in [3.05, 3.63) is 0 Å². The normalized spacial score (nSPS) is 27.7. The molecule has 1 N–H and O–H groups in total. The van der Waals surface area contributed by atoms with Crippen LogP contribution in [-0.4, -0.2) is 48.6 Å². The van der Waals surface area contributed by atoms with Crippen LogP contribution < -0.4 is 5.32 Å². The molecule has 94 valence electrons. The Bertz CT molecular complexity index is 363. The maximum absolute atomic E-state index is 11.4. The molecule has 4 nitrogen and oxygen atoms in total. The average Bonchev–Trinajstić information content (AvgIpc) is 2.42. The number of sulfone groups is 1. The Morgan fingerprint density at radius 1 is 1.44 bits per heavy atom. The fourth-order valence-electron chi connectivity index (χ4n) is 1.96. The predicted octanol–water partition coefficient (Wildman–Crippen LogP) is 0.780. The van der Waals surface area contributed by atoms with Crippen molar-refractivity contribution in [3.8, 4) is 0 Å². The van der Waals surface area contributed by atoms with E-state index in [1.54, 1.807) is 0 Å². The van der Waals surface area contributed by atoms with E-state index < -0.39 is 15.4 Å². The van der Waals surface area contributed by atoms with Crippen LogP contribution in [0, 0.1) is 0 Å². The Balaban J connectivity index is 2.64. The lowest BCUT2D eigenvalue weighted by atomic mass is 10.0. The summed E-state index contributed by atoms with van der Waals surface area (Å²) in [6.45, 7) is 7.67. The molecule has 1 fully saturated rings. The molecule has 0 bridgehead atoms.